The Labute approximate surface area is 135 Å². The summed E-state index contributed by atoms with van der Waals surface area (Å²) in [5.41, 5.74) is 2.99. The molecule has 0 saturated heterocycles. The zero-order valence-corrected chi connectivity index (χ0v) is 13.2. The zero-order valence-electron chi connectivity index (χ0n) is 12.4. The number of rotatable bonds is 3. The first-order chi connectivity index (χ1) is 10.6. The molecule has 0 saturated carbocycles. The number of hydrogen-bond acceptors (Lipinski definition) is 3. The molecule has 4 nitrogen and oxygen atoms in total. The summed E-state index contributed by atoms with van der Waals surface area (Å²) in [4.78, 5) is 18.5. The molecule has 3 rings (SSSR count). The van der Waals surface area contributed by atoms with E-state index in [0.29, 0.717) is 23.4 Å². The van der Waals surface area contributed by atoms with Crippen LogP contribution in [-0.4, -0.2) is 23.5 Å². The number of aromatic nitrogens is 1. The van der Waals surface area contributed by atoms with E-state index in [2.05, 4.69) is 34.3 Å². The average Bonchev–Trinajstić information content (AvgIpc) is 2.52. The van der Waals surface area contributed by atoms with E-state index in [-0.39, 0.29) is 5.91 Å². The van der Waals surface area contributed by atoms with E-state index in [0.717, 1.165) is 18.5 Å². The van der Waals surface area contributed by atoms with Crippen LogP contribution >= 0.6 is 11.6 Å². The summed E-state index contributed by atoms with van der Waals surface area (Å²) in [5, 5.41) is 3.14. The second-order valence-electron chi connectivity index (χ2n) is 5.53. The molecule has 114 valence electrons. The number of aryl methyl sites for hydroxylation is 1. The predicted molar refractivity (Wildman–Crippen MR) is 89.4 cm³/mol. The quantitative estimate of drug-likeness (QED) is 0.882. The monoisotopic (exact) mass is 315 g/mol. The molecule has 0 fully saturated rings. The van der Waals surface area contributed by atoms with E-state index >= 15 is 0 Å². The summed E-state index contributed by atoms with van der Waals surface area (Å²) < 4.78 is 0. The third-order valence-corrected chi connectivity index (χ3v) is 4.31. The lowest BCUT2D eigenvalue weighted by atomic mass is 9.96. The molecule has 2 aromatic rings. The SMILES string of the molecule is CC1CCc2ccccc2N1CC(=O)Nc1cccnc1Cl. The molecule has 0 bridgehead atoms. The van der Waals surface area contributed by atoms with E-state index < -0.39 is 0 Å². The number of carbonyl (C=O) groups is 1. The van der Waals surface area contributed by atoms with Crippen molar-refractivity contribution >= 4 is 28.9 Å². The number of nitrogens with one attached hydrogen (secondary N) is 1. The van der Waals surface area contributed by atoms with E-state index in [1.165, 1.54) is 5.56 Å². The summed E-state index contributed by atoms with van der Waals surface area (Å²) in [5.74, 6) is -0.0848. The molecule has 2 heterocycles. The van der Waals surface area contributed by atoms with Crippen LogP contribution in [0.1, 0.15) is 18.9 Å². The molecule has 1 N–H and O–H groups in total. The minimum absolute atomic E-state index is 0.0848. The Bertz CT molecular complexity index is 689. The average molecular weight is 316 g/mol. The Balaban J connectivity index is 1.75. The van der Waals surface area contributed by atoms with E-state index in [4.69, 9.17) is 11.6 Å². The molecule has 1 aromatic carbocycles. The molecular weight excluding hydrogens is 298 g/mol. The van der Waals surface area contributed by atoms with Crippen molar-refractivity contribution in [1.82, 2.24) is 4.98 Å². The van der Waals surface area contributed by atoms with Crippen molar-refractivity contribution in [3.8, 4) is 0 Å². The van der Waals surface area contributed by atoms with Gasteiger partial charge in [0.2, 0.25) is 5.91 Å². The number of anilines is 2. The number of halogens is 1. The van der Waals surface area contributed by atoms with Crippen molar-refractivity contribution in [2.45, 2.75) is 25.8 Å². The van der Waals surface area contributed by atoms with Gasteiger partial charge in [-0.25, -0.2) is 4.98 Å². The summed E-state index contributed by atoms with van der Waals surface area (Å²) in [6, 6.07) is 12.1. The zero-order chi connectivity index (χ0) is 15.5. The van der Waals surface area contributed by atoms with E-state index in [1.54, 1.807) is 18.3 Å². The number of fused-ring (bicyclic) bond motifs is 1. The smallest absolute Gasteiger partial charge is 0.243 e. The van der Waals surface area contributed by atoms with Gasteiger partial charge in [0.1, 0.15) is 0 Å². The number of benzene rings is 1. The fourth-order valence-electron chi connectivity index (χ4n) is 2.82. The maximum atomic E-state index is 12.3. The third-order valence-electron chi connectivity index (χ3n) is 4.01. The molecule has 1 amide bonds. The van der Waals surface area contributed by atoms with Crippen LogP contribution in [0.5, 0.6) is 0 Å². The highest BCUT2D eigenvalue weighted by atomic mass is 35.5. The van der Waals surface area contributed by atoms with Gasteiger partial charge in [-0.15, -0.1) is 0 Å². The van der Waals surface area contributed by atoms with Gasteiger partial charge in [-0.1, -0.05) is 29.8 Å². The molecule has 0 aliphatic carbocycles. The number of amides is 1. The molecule has 1 aliphatic heterocycles. The molecule has 22 heavy (non-hydrogen) atoms. The lowest BCUT2D eigenvalue weighted by Crippen LogP contribution is -2.42. The van der Waals surface area contributed by atoms with Crippen molar-refractivity contribution in [3.63, 3.8) is 0 Å². The van der Waals surface area contributed by atoms with Gasteiger partial charge < -0.3 is 10.2 Å². The first kappa shape index (κ1) is 14.9. The summed E-state index contributed by atoms with van der Waals surface area (Å²) in [7, 11) is 0. The van der Waals surface area contributed by atoms with Gasteiger partial charge in [0.15, 0.2) is 5.15 Å². The van der Waals surface area contributed by atoms with Crippen LogP contribution in [-0.2, 0) is 11.2 Å². The topological polar surface area (TPSA) is 45.2 Å². The van der Waals surface area contributed by atoms with E-state index in [1.807, 2.05) is 12.1 Å². The molecule has 1 unspecified atom stereocenters. The van der Waals surface area contributed by atoms with Crippen LogP contribution in [0.3, 0.4) is 0 Å². The molecule has 0 spiro atoms. The van der Waals surface area contributed by atoms with Gasteiger partial charge in [-0.05, 0) is 43.5 Å². The first-order valence-corrected chi connectivity index (χ1v) is 7.78. The highest BCUT2D eigenvalue weighted by molar-refractivity contribution is 6.32. The van der Waals surface area contributed by atoms with Crippen molar-refractivity contribution < 1.29 is 4.79 Å². The van der Waals surface area contributed by atoms with Crippen molar-refractivity contribution in [1.29, 1.82) is 0 Å². The summed E-state index contributed by atoms with van der Waals surface area (Å²) in [6.07, 6.45) is 3.71. The van der Waals surface area contributed by atoms with Crippen molar-refractivity contribution in [2.24, 2.45) is 0 Å². The van der Waals surface area contributed by atoms with Crippen LogP contribution in [0.4, 0.5) is 11.4 Å². The molecule has 1 aliphatic rings. The van der Waals surface area contributed by atoms with Gasteiger partial charge in [0, 0.05) is 17.9 Å². The third kappa shape index (κ3) is 3.07. The second kappa shape index (κ2) is 6.36. The highest BCUT2D eigenvalue weighted by Gasteiger charge is 2.24. The minimum atomic E-state index is -0.0848. The highest BCUT2D eigenvalue weighted by Crippen LogP contribution is 2.30. The molecule has 1 aromatic heterocycles. The number of para-hydroxylation sites is 1. The number of nitrogens with zero attached hydrogens (tertiary/aromatic N) is 2. The Hall–Kier alpha value is -2.07. The molecule has 1 atom stereocenters. The fraction of sp³-hybridized carbons (Fsp3) is 0.294. The van der Waals surface area contributed by atoms with Gasteiger partial charge in [-0.3, -0.25) is 4.79 Å². The number of carbonyl (C=O) groups excluding carboxylic acids is 1. The van der Waals surface area contributed by atoms with Crippen molar-refractivity contribution in [3.05, 3.63) is 53.3 Å². The Morgan fingerprint density at radius 3 is 3.00 bits per heavy atom. The summed E-state index contributed by atoms with van der Waals surface area (Å²) >= 11 is 5.98. The van der Waals surface area contributed by atoms with Crippen LogP contribution in [0, 0.1) is 0 Å². The van der Waals surface area contributed by atoms with Gasteiger partial charge in [0.25, 0.3) is 0 Å². The first-order valence-electron chi connectivity index (χ1n) is 7.40. The summed E-state index contributed by atoms with van der Waals surface area (Å²) in [6.45, 7) is 2.46. The lowest BCUT2D eigenvalue weighted by molar-refractivity contribution is -0.115. The molecule has 5 heteroatoms. The number of hydrogen-bond donors (Lipinski definition) is 1. The minimum Gasteiger partial charge on any atom is -0.359 e. The van der Waals surface area contributed by atoms with E-state index in [9.17, 15) is 4.79 Å². The van der Waals surface area contributed by atoms with Gasteiger partial charge >= 0.3 is 0 Å². The van der Waals surface area contributed by atoms with Gasteiger partial charge in [-0.2, -0.15) is 0 Å². The Morgan fingerprint density at radius 2 is 2.18 bits per heavy atom. The second-order valence-corrected chi connectivity index (χ2v) is 5.89. The number of pyridine rings is 1. The predicted octanol–water partition coefficient (Wildman–Crippen LogP) is 3.51. The molecular formula is C17H18ClN3O. The van der Waals surface area contributed by atoms with Crippen LogP contribution in [0.25, 0.3) is 0 Å². The normalized spacial score (nSPS) is 17.0. The largest absolute Gasteiger partial charge is 0.359 e. The van der Waals surface area contributed by atoms with Crippen LogP contribution in [0.2, 0.25) is 5.15 Å². The van der Waals surface area contributed by atoms with Crippen LogP contribution in [0.15, 0.2) is 42.6 Å². The maximum Gasteiger partial charge on any atom is 0.243 e. The maximum absolute atomic E-state index is 12.3. The Kier molecular flexibility index (Phi) is 4.29. The Morgan fingerprint density at radius 1 is 1.36 bits per heavy atom. The lowest BCUT2D eigenvalue weighted by Gasteiger charge is -2.36. The van der Waals surface area contributed by atoms with Gasteiger partial charge in [0.05, 0.1) is 12.2 Å². The fourth-order valence-corrected chi connectivity index (χ4v) is 2.99. The van der Waals surface area contributed by atoms with Crippen LogP contribution < -0.4 is 10.2 Å². The molecule has 0 radical (unpaired) electrons. The van der Waals surface area contributed by atoms with Crippen molar-refractivity contribution in [2.75, 3.05) is 16.8 Å². The standard InChI is InChI=1S/C17H18ClN3O/c1-12-8-9-13-5-2-3-7-15(13)21(12)11-16(22)20-14-6-4-10-19-17(14)18/h2-7,10,12H,8-9,11H2,1H3,(H,20,22).